The molecule has 0 spiro atoms. The Labute approximate surface area is 109 Å². The highest BCUT2D eigenvalue weighted by atomic mass is 16.3. The first-order valence-corrected chi connectivity index (χ1v) is 7.24. The number of hydrogen-bond acceptors (Lipinski definition) is 2. The summed E-state index contributed by atoms with van der Waals surface area (Å²) in [5, 5.41) is 13.1. The van der Waals surface area contributed by atoms with Gasteiger partial charge in [0.25, 0.3) is 0 Å². The van der Waals surface area contributed by atoms with Crippen LogP contribution in [0, 0.1) is 11.8 Å². The third-order valence-electron chi connectivity index (χ3n) is 4.71. The van der Waals surface area contributed by atoms with Crippen LogP contribution in [0.5, 0.6) is 5.75 Å². The minimum Gasteiger partial charge on any atom is -0.508 e. The second-order valence-electron chi connectivity index (χ2n) is 6.22. The molecule has 0 amide bonds. The van der Waals surface area contributed by atoms with Gasteiger partial charge in [0.15, 0.2) is 0 Å². The van der Waals surface area contributed by atoms with E-state index >= 15 is 0 Å². The first kappa shape index (κ1) is 12.0. The molecule has 3 rings (SSSR count). The van der Waals surface area contributed by atoms with E-state index in [0.717, 1.165) is 24.3 Å². The van der Waals surface area contributed by atoms with Gasteiger partial charge in [0.05, 0.1) is 0 Å². The largest absolute Gasteiger partial charge is 0.508 e. The van der Waals surface area contributed by atoms with Crippen LogP contribution in [-0.4, -0.2) is 17.2 Å². The molecule has 0 heterocycles. The van der Waals surface area contributed by atoms with Crippen LogP contribution in [0.2, 0.25) is 0 Å². The molecule has 4 unspecified atom stereocenters. The van der Waals surface area contributed by atoms with Gasteiger partial charge in [-0.15, -0.1) is 0 Å². The minimum atomic E-state index is 0.354. The average Bonchev–Trinajstić information content (AvgIpc) is 2.94. The molecule has 2 fully saturated rings. The van der Waals surface area contributed by atoms with Crippen molar-refractivity contribution in [3.05, 3.63) is 29.8 Å². The molecule has 1 aromatic carbocycles. The Kier molecular flexibility index (Phi) is 3.29. The Morgan fingerprint density at radius 2 is 2.00 bits per heavy atom. The Hall–Kier alpha value is -1.02. The van der Waals surface area contributed by atoms with E-state index in [1.54, 1.807) is 12.1 Å². The smallest absolute Gasteiger partial charge is 0.115 e. The Balaban J connectivity index is 1.52. The van der Waals surface area contributed by atoms with Crippen LogP contribution in [0.4, 0.5) is 0 Å². The standard InChI is InChI=1S/C16H23NO/c1-11(8-12-3-6-15(18)7-4-12)17-16-10-13-2-5-14(16)9-13/h3-4,6-7,11,13-14,16-18H,2,5,8-10H2,1H3. The van der Waals surface area contributed by atoms with Gasteiger partial charge < -0.3 is 10.4 Å². The highest BCUT2D eigenvalue weighted by Crippen LogP contribution is 2.44. The molecule has 0 saturated heterocycles. The molecule has 2 bridgehead atoms. The van der Waals surface area contributed by atoms with Gasteiger partial charge >= 0.3 is 0 Å². The second-order valence-corrected chi connectivity index (χ2v) is 6.22. The Morgan fingerprint density at radius 1 is 1.22 bits per heavy atom. The van der Waals surface area contributed by atoms with Gasteiger partial charge in [-0.1, -0.05) is 18.6 Å². The number of hydrogen-bond donors (Lipinski definition) is 2. The molecular weight excluding hydrogens is 222 g/mol. The highest BCUT2D eigenvalue weighted by Gasteiger charge is 2.39. The summed E-state index contributed by atoms with van der Waals surface area (Å²) >= 11 is 0. The van der Waals surface area contributed by atoms with E-state index in [4.69, 9.17) is 0 Å². The zero-order valence-corrected chi connectivity index (χ0v) is 11.1. The van der Waals surface area contributed by atoms with Crippen molar-refractivity contribution in [2.45, 2.75) is 51.1 Å². The SMILES string of the molecule is CC(Cc1ccc(O)cc1)NC1CC2CCC1C2. The highest BCUT2D eigenvalue weighted by molar-refractivity contribution is 5.26. The van der Waals surface area contributed by atoms with Crippen molar-refractivity contribution in [2.24, 2.45) is 11.8 Å². The van der Waals surface area contributed by atoms with Crippen LogP contribution < -0.4 is 5.32 Å². The fourth-order valence-corrected chi connectivity index (χ4v) is 3.86. The van der Waals surface area contributed by atoms with Crippen molar-refractivity contribution in [1.29, 1.82) is 0 Å². The molecule has 2 saturated carbocycles. The van der Waals surface area contributed by atoms with E-state index in [0.29, 0.717) is 11.8 Å². The maximum atomic E-state index is 9.28. The summed E-state index contributed by atoms with van der Waals surface area (Å²) < 4.78 is 0. The van der Waals surface area contributed by atoms with E-state index < -0.39 is 0 Å². The normalized spacial score (nSPS) is 31.7. The first-order valence-electron chi connectivity index (χ1n) is 7.24. The topological polar surface area (TPSA) is 32.3 Å². The zero-order valence-electron chi connectivity index (χ0n) is 11.1. The van der Waals surface area contributed by atoms with Crippen LogP contribution in [0.25, 0.3) is 0 Å². The predicted octanol–water partition coefficient (Wildman–Crippen LogP) is 3.10. The van der Waals surface area contributed by atoms with Crippen molar-refractivity contribution in [2.75, 3.05) is 0 Å². The van der Waals surface area contributed by atoms with E-state index in [1.165, 1.54) is 31.2 Å². The van der Waals surface area contributed by atoms with Gasteiger partial charge in [0, 0.05) is 12.1 Å². The summed E-state index contributed by atoms with van der Waals surface area (Å²) in [6, 6.07) is 8.89. The van der Waals surface area contributed by atoms with Gasteiger partial charge in [-0.2, -0.15) is 0 Å². The molecule has 98 valence electrons. The lowest BCUT2D eigenvalue weighted by Crippen LogP contribution is -2.40. The molecule has 0 radical (unpaired) electrons. The summed E-state index contributed by atoms with van der Waals surface area (Å²) in [7, 11) is 0. The predicted molar refractivity (Wildman–Crippen MR) is 73.6 cm³/mol. The number of rotatable bonds is 4. The van der Waals surface area contributed by atoms with Crippen LogP contribution in [0.1, 0.15) is 38.2 Å². The summed E-state index contributed by atoms with van der Waals surface area (Å²) in [4.78, 5) is 0. The van der Waals surface area contributed by atoms with Gasteiger partial charge in [0.2, 0.25) is 0 Å². The summed E-state index contributed by atoms with van der Waals surface area (Å²) in [5.41, 5.74) is 1.30. The van der Waals surface area contributed by atoms with E-state index in [2.05, 4.69) is 12.2 Å². The van der Waals surface area contributed by atoms with Crippen molar-refractivity contribution in [3.8, 4) is 5.75 Å². The summed E-state index contributed by atoms with van der Waals surface area (Å²) in [6.07, 6.45) is 6.81. The van der Waals surface area contributed by atoms with E-state index in [1.807, 2.05) is 12.1 Å². The van der Waals surface area contributed by atoms with Crippen molar-refractivity contribution in [1.82, 2.24) is 5.32 Å². The molecule has 2 aliphatic rings. The Morgan fingerprint density at radius 3 is 2.61 bits per heavy atom. The van der Waals surface area contributed by atoms with Gasteiger partial charge in [-0.25, -0.2) is 0 Å². The maximum absolute atomic E-state index is 9.28. The lowest BCUT2D eigenvalue weighted by molar-refractivity contribution is 0.323. The quantitative estimate of drug-likeness (QED) is 0.854. The monoisotopic (exact) mass is 245 g/mol. The van der Waals surface area contributed by atoms with E-state index in [-0.39, 0.29) is 0 Å². The summed E-state index contributed by atoms with van der Waals surface area (Å²) in [6.45, 7) is 2.28. The van der Waals surface area contributed by atoms with Crippen molar-refractivity contribution < 1.29 is 5.11 Å². The van der Waals surface area contributed by atoms with Crippen molar-refractivity contribution >= 4 is 0 Å². The van der Waals surface area contributed by atoms with Crippen LogP contribution in [0.15, 0.2) is 24.3 Å². The average molecular weight is 245 g/mol. The third-order valence-corrected chi connectivity index (χ3v) is 4.71. The molecule has 2 nitrogen and oxygen atoms in total. The molecule has 0 aliphatic heterocycles. The number of fused-ring (bicyclic) bond motifs is 2. The van der Waals surface area contributed by atoms with Crippen LogP contribution in [-0.2, 0) is 6.42 Å². The lowest BCUT2D eigenvalue weighted by Gasteiger charge is -2.27. The summed E-state index contributed by atoms with van der Waals surface area (Å²) in [5.74, 6) is 2.30. The second kappa shape index (κ2) is 4.93. The molecule has 1 aromatic rings. The molecule has 4 atom stereocenters. The van der Waals surface area contributed by atoms with Crippen LogP contribution >= 0.6 is 0 Å². The third kappa shape index (κ3) is 2.54. The van der Waals surface area contributed by atoms with E-state index in [9.17, 15) is 5.11 Å². The number of phenols is 1. The maximum Gasteiger partial charge on any atom is 0.115 e. The zero-order chi connectivity index (χ0) is 12.5. The Bertz CT molecular complexity index is 400. The van der Waals surface area contributed by atoms with Crippen LogP contribution in [0.3, 0.4) is 0 Å². The molecule has 2 heteroatoms. The van der Waals surface area contributed by atoms with Crippen molar-refractivity contribution in [3.63, 3.8) is 0 Å². The molecular formula is C16H23NO. The first-order chi connectivity index (χ1) is 8.70. The lowest BCUT2D eigenvalue weighted by atomic mass is 9.94. The molecule has 18 heavy (non-hydrogen) atoms. The number of phenolic OH excluding ortho intramolecular Hbond substituents is 1. The molecule has 2 aliphatic carbocycles. The fourth-order valence-electron chi connectivity index (χ4n) is 3.86. The number of aromatic hydroxyl groups is 1. The number of nitrogens with one attached hydrogen (secondary N) is 1. The minimum absolute atomic E-state index is 0.354. The van der Waals surface area contributed by atoms with Gasteiger partial charge in [-0.05, 0) is 62.1 Å². The fraction of sp³-hybridized carbons (Fsp3) is 0.625. The number of benzene rings is 1. The molecule has 2 N–H and O–H groups in total. The van der Waals surface area contributed by atoms with Gasteiger partial charge in [-0.3, -0.25) is 0 Å². The molecule has 0 aromatic heterocycles. The van der Waals surface area contributed by atoms with Gasteiger partial charge in [0.1, 0.15) is 5.75 Å².